The van der Waals surface area contributed by atoms with Gasteiger partial charge in [-0.1, -0.05) is 13.8 Å². The first kappa shape index (κ1) is 22.8. The van der Waals surface area contributed by atoms with Crippen LogP contribution in [0.25, 0.3) is 0 Å². The molecule has 0 spiro atoms. The number of carbonyl (C=O) groups excluding carboxylic acids is 1. The average Bonchev–Trinajstić information content (AvgIpc) is 2.59. The second-order valence-corrected chi connectivity index (χ2v) is 11.2. The Balaban J connectivity index is 1.92. The number of hydrogen-bond donors (Lipinski definition) is 2. The number of sulfonamides is 1. The third-order valence-corrected chi connectivity index (χ3v) is 6.86. The SMILES string of the molecule is C[C@H]1C[C@H](C)CN(S(=O)(=O)c2ccc(C(=O)NCCC[NH2+]C(C)(C)C)cc2)C1. The van der Waals surface area contributed by atoms with Crippen LogP contribution in [0.1, 0.15) is 57.8 Å². The van der Waals surface area contributed by atoms with Crippen molar-refractivity contribution >= 4 is 15.9 Å². The van der Waals surface area contributed by atoms with Crippen LogP contribution >= 0.6 is 0 Å². The molecule has 7 heteroatoms. The molecule has 1 heterocycles. The van der Waals surface area contributed by atoms with Crippen molar-refractivity contribution < 1.29 is 18.5 Å². The van der Waals surface area contributed by atoms with Crippen LogP contribution in [0.4, 0.5) is 0 Å². The molecule has 0 bridgehead atoms. The number of nitrogens with two attached hydrogens (primary N) is 1. The van der Waals surface area contributed by atoms with Crippen molar-refractivity contribution in [2.75, 3.05) is 26.2 Å². The van der Waals surface area contributed by atoms with Gasteiger partial charge in [0.25, 0.3) is 5.91 Å². The van der Waals surface area contributed by atoms with Gasteiger partial charge < -0.3 is 10.6 Å². The highest BCUT2D eigenvalue weighted by Crippen LogP contribution is 2.26. The summed E-state index contributed by atoms with van der Waals surface area (Å²) in [5.41, 5.74) is 0.675. The third-order valence-electron chi connectivity index (χ3n) is 5.01. The van der Waals surface area contributed by atoms with Gasteiger partial charge in [-0.2, -0.15) is 4.31 Å². The summed E-state index contributed by atoms with van der Waals surface area (Å²) < 4.78 is 27.4. The molecule has 1 aromatic rings. The van der Waals surface area contributed by atoms with Gasteiger partial charge in [0.2, 0.25) is 10.0 Å². The number of quaternary nitrogens is 1. The summed E-state index contributed by atoms with van der Waals surface area (Å²) in [4.78, 5) is 12.5. The maximum absolute atomic E-state index is 12.9. The van der Waals surface area contributed by atoms with Gasteiger partial charge in [0.05, 0.1) is 17.0 Å². The van der Waals surface area contributed by atoms with E-state index in [4.69, 9.17) is 0 Å². The molecule has 1 fully saturated rings. The summed E-state index contributed by atoms with van der Waals surface area (Å²) in [7, 11) is -3.51. The topological polar surface area (TPSA) is 83.1 Å². The molecule has 158 valence electrons. The second kappa shape index (κ2) is 9.37. The molecular formula is C21H36N3O3S+. The van der Waals surface area contributed by atoms with Gasteiger partial charge in [-0.15, -0.1) is 0 Å². The predicted octanol–water partition coefficient (Wildman–Crippen LogP) is 1.84. The Labute approximate surface area is 170 Å². The van der Waals surface area contributed by atoms with Crippen LogP contribution < -0.4 is 10.6 Å². The van der Waals surface area contributed by atoms with E-state index in [0.717, 1.165) is 19.4 Å². The molecule has 0 aliphatic carbocycles. The highest BCUT2D eigenvalue weighted by Gasteiger charge is 2.31. The van der Waals surface area contributed by atoms with E-state index in [0.29, 0.717) is 37.0 Å². The fraction of sp³-hybridized carbons (Fsp3) is 0.667. The van der Waals surface area contributed by atoms with E-state index >= 15 is 0 Å². The monoisotopic (exact) mass is 410 g/mol. The zero-order chi connectivity index (χ0) is 20.9. The highest BCUT2D eigenvalue weighted by molar-refractivity contribution is 7.89. The lowest BCUT2D eigenvalue weighted by Gasteiger charge is -2.34. The molecule has 3 N–H and O–H groups in total. The lowest BCUT2D eigenvalue weighted by Crippen LogP contribution is -2.94. The first-order valence-electron chi connectivity index (χ1n) is 10.2. The van der Waals surface area contributed by atoms with Gasteiger partial charge in [0.1, 0.15) is 0 Å². The normalized spacial score (nSPS) is 21.5. The van der Waals surface area contributed by atoms with Crippen LogP contribution in [0.3, 0.4) is 0 Å². The van der Waals surface area contributed by atoms with Crippen LogP contribution in [0, 0.1) is 11.8 Å². The summed E-state index contributed by atoms with van der Waals surface area (Å²) >= 11 is 0. The van der Waals surface area contributed by atoms with Gasteiger partial charge in [-0.25, -0.2) is 8.42 Å². The maximum atomic E-state index is 12.9. The minimum Gasteiger partial charge on any atom is -0.352 e. The van der Waals surface area contributed by atoms with E-state index in [1.165, 1.54) is 0 Å². The molecule has 1 aliphatic heterocycles. The number of rotatable bonds is 7. The van der Waals surface area contributed by atoms with E-state index < -0.39 is 10.0 Å². The molecule has 1 aliphatic rings. The molecule has 0 saturated carbocycles. The van der Waals surface area contributed by atoms with Crippen LogP contribution in [0.5, 0.6) is 0 Å². The van der Waals surface area contributed by atoms with Crippen molar-refractivity contribution in [3.8, 4) is 0 Å². The Hall–Kier alpha value is -1.44. The van der Waals surface area contributed by atoms with Crippen molar-refractivity contribution in [1.29, 1.82) is 0 Å². The summed E-state index contributed by atoms with van der Waals surface area (Å²) in [6, 6.07) is 6.28. The Morgan fingerprint density at radius 1 is 1.14 bits per heavy atom. The number of carbonyl (C=O) groups is 1. The summed E-state index contributed by atoms with van der Waals surface area (Å²) in [5.74, 6) is 0.554. The third kappa shape index (κ3) is 6.57. The van der Waals surface area contributed by atoms with Crippen molar-refractivity contribution in [2.24, 2.45) is 11.8 Å². The Kier molecular flexibility index (Phi) is 7.65. The zero-order valence-electron chi connectivity index (χ0n) is 17.9. The fourth-order valence-corrected chi connectivity index (χ4v) is 5.35. The molecule has 6 nitrogen and oxygen atoms in total. The molecule has 0 aromatic heterocycles. The molecular weight excluding hydrogens is 374 g/mol. The summed E-state index contributed by atoms with van der Waals surface area (Å²) in [6.45, 7) is 13.3. The smallest absolute Gasteiger partial charge is 0.251 e. The molecule has 28 heavy (non-hydrogen) atoms. The molecule has 0 unspecified atom stereocenters. The number of nitrogens with one attached hydrogen (secondary N) is 1. The minimum atomic E-state index is -3.51. The molecule has 2 rings (SSSR count). The number of piperidine rings is 1. The van der Waals surface area contributed by atoms with E-state index in [9.17, 15) is 13.2 Å². The quantitative estimate of drug-likeness (QED) is 0.673. The Bertz CT molecular complexity index is 744. The largest absolute Gasteiger partial charge is 0.352 e. The molecule has 1 aromatic carbocycles. The predicted molar refractivity (Wildman–Crippen MR) is 112 cm³/mol. The number of hydrogen-bond acceptors (Lipinski definition) is 3. The van der Waals surface area contributed by atoms with Crippen LogP contribution in [0.2, 0.25) is 0 Å². The van der Waals surface area contributed by atoms with E-state index in [1.807, 2.05) is 0 Å². The van der Waals surface area contributed by atoms with Gasteiger partial charge in [-0.05, 0) is 63.3 Å². The molecule has 1 amide bonds. The first-order chi connectivity index (χ1) is 13.0. The van der Waals surface area contributed by atoms with Crippen molar-refractivity contribution in [2.45, 2.75) is 57.9 Å². The van der Waals surface area contributed by atoms with E-state index in [2.05, 4.69) is 45.3 Å². The van der Waals surface area contributed by atoms with Crippen LogP contribution in [-0.2, 0) is 10.0 Å². The molecule has 1 saturated heterocycles. The molecule has 0 radical (unpaired) electrons. The Morgan fingerprint density at radius 3 is 2.25 bits per heavy atom. The summed E-state index contributed by atoms with van der Waals surface area (Å²) in [5, 5.41) is 5.15. The zero-order valence-corrected chi connectivity index (χ0v) is 18.7. The van der Waals surface area contributed by atoms with Crippen LogP contribution in [-0.4, -0.2) is 50.3 Å². The summed E-state index contributed by atoms with van der Waals surface area (Å²) in [6.07, 6.45) is 1.94. The maximum Gasteiger partial charge on any atom is 0.251 e. The number of benzene rings is 1. The van der Waals surface area contributed by atoms with Gasteiger partial charge >= 0.3 is 0 Å². The van der Waals surface area contributed by atoms with E-state index in [-0.39, 0.29) is 16.3 Å². The number of nitrogens with zero attached hydrogens (tertiary/aromatic N) is 1. The van der Waals surface area contributed by atoms with E-state index in [1.54, 1.807) is 28.6 Å². The Morgan fingerprint density at radius 2 is 1.71 bits per heavy atom. The van der Waals surface area contributed by atoms with Gasteiger partial charge in [-0.3, -0.25) is 4.79 Å². The highest BCUT2D eigenvalue weighted by atomic mass is 32.2. The van der Waals surface area contributed by atoms with Crippen molar-refractivity contribution in [3.63, 3.8) is 0 Å². The lowest BCUT2D eigenvalue weighted by molar-refractivity contribution is -0.717. The van der Waals surface area contributed by atoms with Gasteiger partial charge in [0.15, 0.2) is 0 Å². The van der Waals surface area contributed by atoms with Gasteiger partial charge in [0, 0.05) is 31.6 Å². The first-order valence-corrected chi connectivity index (χ1v) is 11.7. The fourth-order valence-electron chi connectivity index (χ4n) is 3.67. The van der Waals surface area contributed by atoms with Crippen molar-refractivity contribution in [3.05, 3.63) is 29.8 Å². The minimum absolute atomic E-state index is 0.167. The average molecular weight is 411 g/mol. The van der Waals surface area contributed by atoms with Crippen molar-refractivity contribution in [1.82, 2.24) is 9.62 Å². The molecule has 2 atom stereocenters. The number of amides is 1. The van der Waals surface area contributed by atoms with Crippen LogP contribution in [0.15, 0.2) is 29.2 Å². The standard InChI is InChI=1S/C21H35N3O3S/c1-16-13-17(2)15-24(14-16)28(26,27)19-9-7-18(8-10-19)20(25)22-11-6-12-23-21(3,4)5/h7-10,16-17,23H,6,11-15H2,1-5H3,(H,22,25)/p+1/t16-,17-/m0/s1. The lowest BCUT2D eigenvalue weighted by atomic mass is 9.94. The second-order valence-electron chi connectivity index (χ2n) is 9.26.